The van der Waals surface area contributed by atoms with E-state index in [0.29, 0.717) is 23.3 Å². The Labute approximate surface area is 139 Å². The predicted molar refractivity (Wildman–Crippen MR) is 92.7 cm³/mol. The number of piperazine rings is 1. The van der Waals surface area contributed by atoms with Crippen LogP contribution in [0, 0.1) is 5.92 Å². The van der Waals surface area contributed by atoms with E-state index in [1.54, 1.807) is 24.3 Å². The number of nitrogens with zero attached hydrogens (tertiary/aromatic N) is 1. The molecule has 0 aromatic heterocycles. The van der Waals surface area contributed by atoms with Gasteiger partial charge in [-0.15, -0.1) is 0 Å². The highest BCUT2D eigenvalue weighted by molar-refractivity contribution is 7.90. The third kappa shape index (κ3) is 6.12. The highest BCUT2D eigenvalue weighted by Gasteiger charge is 2.19. The molecule has 0 saturated carbocycles. The van der Waals surface area contributed by atoms with Crippen LogP contribution in [0.25, 0.3) is 0 Å². The van der Waals surface area contributed by atoms with Gasteiger partial charge < -0.3 is 15.0 Å². The third-order valence-corrected chi connectivity index (χ3v) is 5.19. The van der Waals surface area contributed by atoms with Gasteiger partial charge in [0.1, 0.15) is 12.4 Å². The maximum atomic E-state index is 11.4. The molecule has 1 aliphatic rings. The maximum absolute atomic E-state index is 11.4. The van der Waals surface area contributed by atoms with E-state index in [4.69, 9.17) is 4.74 Å². The molecule has 1 aliphatic heterocycles. The van der Waals surface area contributed by atoms with Gasteiger partial charge in [-0.05, 0) is 43.1 Å². The first-order valence-electron chi connectivity index (χ1n) is 8.23. The largest absolute Gasteiger partial charge is 0.492 e. The lowest BCUT2D eigenvalue weighted by atomic mass is 10.1. The zero-order valence-corrected chi connectivity index (χ0v) is 15.1. The molecule has 0 aliphatic carbocycles. The summed E-state index contributed by atoms with van der Waals surface area (Å²) in [7, 11) is -3.15. The quantitative estimate of drug-likeness (QED) is 0.820. The monoisotopic (exact) mass is 340 g/mol. The molecule has 1 saturated heterocycles. The minimum atomic E-state index is -3.15. The van der Waals surface area contributed by atoms with Crippen molar-refractivity contribution in [2.45, 2.75) is 31.2 Å². The molecule has 1 atom stereocenters. The maximum Gasteiger partial charge on any atom is 0.175 e. The molecule has 2 rings (SSSR count). The van der Waals surface area contributed by atoms with Crippen LogP contribution in [-0.2, 0) is 9.84 Å². The third-order valence-electron chi connectivity index (χ3n) is 4.07. The number of nitrogens with one attached hydrogen (secondary N) is 1. The molecule has 0 spiro atoms. The van der Waals surface area contributed by atoms with Gasteiger partial charge in [0.15, 0.2) is 9.84 Å². The first kappa shape index (κ1) is 18.2. The lowest BCUT2D eigenvalue weighted by Crippen LogP contribution is -2.53. The van der Waals surface area contributed by atoms with E-state index in [1.807, 2.05) is 0 Å². The minimum Gasteiger partial charge on any atom is -0.492 e. The summed E-state index contributed by atoms with van der Waals surface area (Å²) in [5.74, 6) is 1.44. The van der Waals surface area contributed by atoms with Crippen molar-refractivity contribution in [2.75, 3.05) is 39.0 Å². The van der Waals surface area contributed by atoms with Gasteiger partial charge in [-0.25, -0.2) is 8.42 Å². The second-order valence-electron chi connectivity index (χ2n) is 6.69. The fraction of sp³-hybridized carbons (Fsp3) is 0.647. The molecule has 130 valence electrons. The highest BCUT2D eigenvalue weighted by atomic mass is 32.2. The van der Waals surface area contributed by atoms with Crippen molar-refractivity contribution in [1.29, 1.82) is 0 Å². The molecule has 1 unspecified atom stereocenters. The number of hydrogen-bond donors (Lipinski definition) is 1. The normalized spacial score (nSPS) is 19.9. The molecule has 0 bridgehead atoms. The average molecular weight is 340 g/mol. The molecule has 1 aromatic carbocycles. The standard InChI is InChI=1S/C17H28N2O3S/c1-14(2)8-10-19-11-9-18-15(12-19)13-22-16-4-6-17(7-5-16)23(3,20)21/h4-7,14-15,18H,8-13H2,1-3H3. The van der Waals surface area contributed by atoms with E-state index in [0.717, 1.165) is 32.1 Å². The fourth-order valence-electron chi connectivity index (χ4n) is 2.63. The number of hydrogen-bond acceptors (Lipinski definition) is 5. The molecule has 0 amide bonds. The molecule has 1 heterocycles. The minimum absolute atomic E-state index is 0.311. The summed E-state index contributed by atoms with van der Waals surface area (Å²) in [5.41, 5.74) is 0. The smallest absolute Gasteiger partial charge is 0.175 e. The van der Waals surface area contributed by atoms with Crippen molar-refractivity contribution in [3.05, 3.63) is 24.3 Å². The average Bonchev–Trinajstić information content (AvgIpc) is 2.51. The van der Waals surface area contributed by atoms with Crippen LogP contribution in [-0.4, -0.2) is 58.4 Å². The van der Waals surface area contributed by atoms with E-state index in [9.17, 15) is 8.42 Å². The zero-order chi connectivity index (χ0) is 16.9. The molecule has 1 fully saturated rings. The van der Waals surface area contributed by atoms with Gasteiger partial charge in [0, 0.05) is 25.9 Å². The zero-order valence-electron chi connectivity index (χ0n) is 14.3. The van der Waals surface area contributed by atoms with E-state index in [1.165, 1.54) is 12.7 Å². The molecular formula is C17H28N2O3S. The Kier molecular flexibility index (Phi) is 6.44. The molecule has 1 aromatic rings. The van der Waals surface area contributed by atoms with Gasteiger partial charge in [0.25, 0.3) is 0 Å². The molecular weight excluding hydrogens is 312 g/mol. The summed E-state index contributed by atoms with van der Waals surface area (Å²) < 4.78 is 28.7. The second-order valence-corrected chi connectivity index (χ2v) is 8.70. The van der Waals surface area contributed by atoms with Crippen LogP contribution in [0.1, 0.15) is 20.3 Å². The van der Waals surface area contributed by atoms with E-state index in [-0.39, 0.29) is 0 Å². The summed E-state index contributed by atoms with van der Waals surface area (Å²) in [4.78, 5) is 2.80. The van der Waals surface area contributed by atoms with Crippen molar-refractivity contribution < 1.29 is 13.2 Å². The van der Waals surface area contributed by atoms with Crippen LogP contribution < -0.4 is 10.1 Å². The molecule has 6 heteroatoms. The summed E-state index contributed by atoms with van der Waals surface area (Å²) in [6.07, 6.45) is 2.43. The Hall–Kier alpha value is -1.11. The molecule has 5 nitrogen and oxygen atoms in total. The van der Waals surface area contributed by atoms with E-state index in [2.05, 4.69) is 24.1 Å². The van der Waals surface area contributed by atoms with Crippen LogP contribution in [0.3, 0.4) is 0 Å². The lowest BCUT2D eigenvalue weighted by Gasteiger charge is -2.33. The molecule has 0 radical (unpaired) electrons. The van der Waals surface area contributed by atoms with E-state index < -0.39 is 9.84 Å². The first-order valence-corrected chi connectivity index (χ1v) is 10.1. The number of benzene rings is 1. The number of rotatable bonds is 7. The van der Waals surface area contributed by atoms with Crippen LogP contribution in [0.5, 0.6) is 5.75 Å². The second kappa shape index (κ2) is 8.13. The van der Waals surface area contributed by atoms with Gasteiger partial charge in [0.05, 0.1) is 10.9 Å². The fourth-order valence-corrected chi connectivity index (χ4v) is 3.26. The predicted octanol–water partition coefficient (Wildman–Crippen LogP) is 1.79. The number of ether oxygens (including phenoxy) is 1. The summed E-state index contributed by atoms with van der Waals surface area (Å²) >= 11 is 0. The van der Waals surface area contributed by atoms with Crippen LogP contribution in [0.2, 0.25) is 0 Å². The highest BCUT2D eigenvalue weighted by Crippen LogP contribution is 2.16. The van der Waals surface area contributed by atoms with Gasteiger partial charge in [-0.1, -0.05) is 13.8 Å². The van der Waals surface area contributed by atoms with E-state index >= 15 is 0 Å². The Morgan fingerprint density at radius 1 is 1.30 bits per heavy atom. The number of sulfone groups is 1. The van der Waals surface area contributed by atoms with Crippen molar-refractivity contribution in [2.24, 2.45) is 5.92 Å². The molecule has 23 heavy (non-hydrogen) atoms. The Morgan fingerprint density at radius 3 is 2.61 bits per heavy atom. The van der Waals surface area contributed by atoms with Gasteiger partial charge in [-0.2, -0.15) is 0 Å². The van der Waals surface area contributed by atoms with Crippen LogP contribution in [0.15, 0.2) is 29.2 Å². The Balaban J connectivity index is 1.81. The van der Waals surface area contributed by atoms with Gasteiger partial charge in [0.2, 0.25) is 0 Å². The summed E-state index contributed by atoms with van der Waals surface area (Å²) in [5, 5.41) is 3.48. The summed E-state index contributed by atoms with van der Waals surface area (Å²) in [6, 6.07) is 6.93. The Morgan fingerprint density at radius 2 is 2.00 bits per heavy atom. The van der Waals surface area contributed by atoms with Crippen molar-refractivity contribution in [3.8, 4) is 5.75 Å². The van der Waals surface area contributed by atoms with Crippen molar-refractivity contribution in [3.63, 3.8) is 0 Å². The topological polar surface area (TPSA) is 58.6 Å². The molecule has 1 N–H and O–H groups in total. The van der Waals surface area contributed by atoms with Crippen molar-refractivity contribution >= 4 is 9.84 Å². The van der Waals surface area contributed by atoms with Gasteiger partial charge in [-0.3, -0.25) is 0 Å². The van der Waals surface area contributed by atoms with Crippen LogP contribution >= 0.6 is 0 Å². The SMILES string of the molecule is CC(C)CCN1CCNC(COc2ccc(S(C)(=O)=O)cc2)C1. The lowest BCUT2D eigenvalue weighted by molar-refractivity contribution is 0.153. The van der Waals surface area contributed by atoms with Crippen LogP contribution in [0.4, 0.5) is 0 Å². The summed E-state index contributed by atoms with van der Waals surface area (Å²) in [6.45, 7) is 9.31. The van der Waals surface area contributed by atoms with Crippen molar-refractivity contribution in [1.82, 2.24) is 10.2 Å². The Bertz CT molecular complexity index is 584. The van der Waals surface area contributed by atoms with Gasteiger partial charge >= 0.3 is 0 Å². The first-order chi connectivity index (χ1) is 10.8.